The molecule has 1 nitrogen and oxygen atoms in total. The zero-order valence-electron chi connectivity index (χ0n) is 7.98. The SMILES string of the molecule is O=C(c1ccccc1)c1ccc([18F])cc1. The summed E-state index contributed by atoms with van der Waals surface area (Å²) in [5, 5.41) is 0. The first-order valence-corrected chi connectivity index (χ1v) is 4.63. The Hall–Kier alpha value is -1.96. The molecule has 0 atom stereocenters. The Kier molecular flexibility index (Phi) is 2.59. The van der Waals surface area contributed by atoms with E-state index in [-0.39, 0.29) is 11.6 Å². The summed E-state index contributed by atoms with van der Waals surface area (Å²) in [6, 6.07) is 14.5. The van der Waals surface area contributed by atoms with Gasteiger partial charge in [-0.1, -0.05) is 30.3 Å². The van der Waals surface area contributed by atoms with E-state index in [4.69, 9.17) is 0 Å². The van der Waals surface area contributed by atoms with E-state index in [0.29, 0.717) is 11.1 Å². The van der Waals surface area contributed by atoms with Crippen LogP contribution in [0, 0.1) is 5.82 Å². The Morgan fingerprint density at radius 3 is 1.93 bits per heavy atom. The maximum atomic E-state index is 12.6. The van der Waals surface area contributed by atoms with Crippen molar-refractivity contribution in [3.63, 3.8) is 0 Å². The Labute approximate surface area is 87.2 Å². The summed E-state index contributed by atoms with van der Waals surface area (Å²) in [5.41, 5.74) is 1.12. The topological polar surface area (TPSA) is 17.1 Å². The molecule has 0 aromatic heterocycles. The normalized spacial score (nSPS) is 9.93. The molecular formula is C13H9FO. The molecule has 0 spiro atoms. The molecule has 0 unspecified atom stereocenters. The maximum absolute atomic E-state index is 12.6. The van der Waals surface area contributed by atoms with Gasteiger partial charge >= 0.3 is 0 Å². The minimum Gasteiger partial charge on any atom is -0.289 e. The Morgan fingerprint density at radius 1 is 0.800 bits per heavy atom. The third kappa shape index (κ3) is 2.10. The van der Waals surface area contributed by atoms with Crippen molar-refractivity contribution >= 4 is 5.78 Å². The molecule has 2 aromatic rings. The van der Waals surface area contributed by atoms with Crippen molar-refractivity contribution in [2.75, 3.05) is 0 Å². The molecule has 2 aromatic carbocycles. The van der Waals surface area contributed by atoms with Crippen LogP contribution in [0.25, 0.3) is 0 Å². The number of ketones is 1. The van der Waals surface area contributed by atoms with E-state index < -0.39 is 0 Å². The van der Waals surface area contributed by atoms with Crippen molar-refractivity contribution in [3.05, 3.63) is 71.5 Å². The fourth-order valence-electron chi connectivity index (χ4n) is 1.36. The Bertz CT molecular complexity index is 460. The quantitative estimate of drug-likeness (QED) is 0.679. The molecule has 0 saturated heterocycles. The van der Waals surface area contributed by atoms with Gasteiger partial charge in [-0.2, -0.15) is 0 Å². The van der Waals surface area contributed by atoms with Crippen molar-refractivity contribution < 1.29 is 9.18 Å². The van der Waals surface area contributed by atoms with Gasteiger partial charge < -0.3 is 0 Å². The zero-order valence-corrected chi connectivity index (χ0v) is 7.98. The van der Waals surface area contributed by atoms with Gasteiger partial charge in [0.25, 0.3) is 0 Å². The van der Waals surface area contributed by atoms with Gasteiger partial charge in [-0.3, -0.25) is 4.79 Å². The zero-order chi connectivity index (χ0) is 10.7. The Balaban J connectivity index is 2.33. The maximum Gasteiger partial charge on any atom is 0.193 e. The molecule has 0 bridgehead atoms. The van der Waals surface area contributed by atoms with E-state index in [9.17, 15) is 9.18 Å². The Morgan fingerprint density at radius 2 is 1.33 bits per heavy atom. The van der Waals surface area contributed by atoms with Gasteiger partial charge in [0.2, 0.25) is 0 Å². The molecule has 0 amide bonds. The molecule has 2 rings (SSSR count). The van der Waals surface area contributed by atoms with Gasteiger partial charge in [0, 0.05) is 11.1 Å². The summed E-state index contributed by atoms with van der Waals surface area (Å²) in [4.78, 5) is 11.8. The molecule has 0 N–H and O–H groups in total. The van der Waals surface area contributed by atoms with Crippen LogP contribution in [0.2, 0.25) is 0 Å². The number of rotatable bonds is 2. The molecule has 0 fully saturated rings. The summed E-state index contributed by atoms with van der Waals surface area (Å²) in [6.45, 7) is 0. The number of carbonyl (C=O) groups is 1. The standard InChI is InChI=1S/C13H9FO/c14-12-8-6-11(7-9-12)13(15)10-4-2-1-3-5-10/h1-9H/i14-1. The largest absolute Gasteiger partial charge is 0.289 e. The van der Waals surface area contributed by atoms with Crippen LogP contribution < -0.4 is 0 Å². The highest BCUT2D eigenvalue weighted by molar-refractivity contribution is 6.08. The number of benzene rings is 2. The van der Waals surface area contributed by atoms with Crippen molar-refractivity contribution in [2.45, 2.75) is 0 Å². The average Bonchev–Trinajstić information content (AvgIpc) is 2.30. The summed E-state index contributed by atoms with van der Waals surface area (Å²) in [7, 11) is 0. The van der Waals surface area contributed by atoms with Crippen LogP contribution >= 0.6 is 0 Å². The molecule has 2 heteroatoms. The highest BCUT2D eigenvalue weighted by Gasteiger charge is 2.07. The third-order valence-electron chi connectivity index (χ3n) is 2.14. The van der Waals surface area contributed by atoms with Gasteiger partial charge in [-0.25, -0.2) is 4.39 Å². The fraction of sp³-hybridized carbons (Fsp3) is 0. The first-order valence-electron chi connectivity index (χ1n) is 4.63. The first-order chi connectivity index (χ1) is 7.27. The molecule has 74 valence electrons. The smallest absolute Gasteiger partial charge is 0.193 e. The summed E-state index contributed by atoms with van der Waals surface area (Å²) < 4.78 is 12.6. The van der Waals surface area contributed by atoms with Gasteiger partial charge in [-0.05, 0) is 24.3 Å². The van der Waals surface area contributed by atoms with E-state index in [1.54, 1.807) is 24.3 Å². The second-order valence-electron chi connectivity index (χ2n) is 3.20. The van der Waals surface area contributed by atoms with Gasteiger partial charge in [0.1, 0.15) is 5.82 Å². The predicted octanol–water partition coefficient (Wildman–Crippen LogP) is 3.06. The van der Waals surface area contributed by atoms with E-state index in [0.717, 1.165) is 0 Å². The van der Waals surface area contributed by atoms with Crippen LogP contribution in [0.3, 0.4) is 0 Å². The van der Waals surface area contributed by atoms with Crippen molar-refractivity contribution in [2.24, 2.45) is 0 Å². The third-order valence-corrected chi connectivity index (χ3v) is 2.14. The summed E-state index contributed by atoms with van der Waals surface area (Å²) in [6.07, 6.45) is 0. The minimum absolute atomic E-state index is 0.0874. The summed E-state index contributed by atoms with van der Waals surface area (Å²) >= 11 is 0. The lowest BCUT2D eigenvalue weighted by Gasteiger charge is -2.00. The molecule has 0 saturated carbocycles. The molecule has 0 heterocycles. The number of halogens is 1. The summed E-state index contributed by atoms with van der Waals surface area (Å²) in [5.74, 6) is -0.421. The van der Waals surface area contributed by atoms with Gasteiger partial charge in [-0.15, -0.1) is 0 Å². The number of hydrogen-bond acceptors (Lipinski definition) is 1. The van der Waals surface area contributed by atoms with Crippen LogP contribution in [0.15, 0.2) is 54.6 Å². The van der Waals surface area contributed by atoms with E-state index >= 15 is 0 Å². The lowest BCUT2D eigenvalue weighted by atomic mass is 10.0. The van der Waals surface area contributed by atoms with Gasteiger partial charge in [0.05, 0.1) is 0 Å². The highest BCUT2D eigenvalue weighted by atomic mass is 18.2. The fourth-order valence-corrected chi connectivity index (χ4v) is 1.36. The van der Waals surface area contributed by atoms with E-state index in [2.05, 4.69) is 0 Å². The highest BCUT2D eigenvalue weighted by Crippen LogP contribution is 2.10. The average molecular weight is 199 g/mol. The molecule has 0 aliphatic rings. The van der Waals surface area contributed by atoms with Crippen molar-refractivity contribution in [1.29, 1.82) is 0 Å². The second-order valence-corrected chi connectivity index (χ2v) is 3.20. The van der Waals surface area contributed by atoms with Crippen LogP contribution in [-0.4, -0.2) is 5.78 Å². The molecule has 0 aliphatic heterocycles. The lowest BCUT2D eigenvalue weighted by molar-refractivity contribution is 0.103. The number of hydrogen-bond donors (Lipinski definition) is 0. The molecule has 0 radical (unpaired) electrons. The second kappa shape index (κ2) is 4.05. The predicted molar refractivity (Wildman–Crippen MR) is 56.3 cm³/mol. The van der Waals surface area contributed by atoms with Crippen LogP contribution in [-0.2, 0) is 0 Å². The van der Waals surface area contributed by atoms with Gasteiger partial charge in [0.15, 0.2) is 5.78 Å². The van der Waals surface area contributed by atoms with Crippen molar-refractivity contribution in [3.8, 4) is 0 Å². The first kappa shape index (κ1) is 9.59. The van der Waals surface area contributed by atoms with Crippen molar-refractivity contribution in [1.82, 2.24) is 0 Å². The van der Waals surface area contributed by atoms with E-state index in [1.807, 2.05) is 6.07 Å². The minimum atomic E-state index is -0.334. The molecular weight excluding hydrogens is 190 g/mol. The monoisotopic (exact) mass is 199 g/mol. The number of carbonyl (C=O) groups excluding carboxylic acids is 1. The van der Waals surface area contributed by atoms with Crippen LogP contribution in [0.1, 0.15) is 15.9 Å². The lowest BCUT2D eigenvalue weighted by Crippen LogP contribution is -2.00. The van der Waals surface area contributed by atoms with Crippen LogP contribution in [0.4, 0.5) is 4.39 Å². The molecule has 15 heavy (non-hydrogen) atoms. The van der Waals surface area contributed by atoms with E-state index in [1.165, 1.54) is 24.3 Å². The molecule has 0 aliphatic carbocycles. The van der Waals surface area contributed by atoms with Crippen LogP contribution in [0.5, 0.6) is 0 Å².